The minimum Gasteiger partial charge on any atom is -0.376 e. The summed E-state index contributed by atoms with van der Waals surface area (Å²) < 4.78 is 13.4. The molecule has 0 aliphatic carbocycles. The molecule has 2 aromatic carbocycles. The SMILES string of the molecule is CN(C)c1cncc(-c2ccc3[nH]nc(-c4cc5c(-c6ccc(F)cc6)nccc5[nH]4)c3c2)c1. The van der Waals surface area contributed by atoms with Gasteiger partial charge in [-0.25, -0.2) is 4.39 Å². The van der Waals surface area contributed by atoms with Crippen LogP contribution in [-0.4, -0.2) is 39.2 Å². The van der Waals surface area contributed by atoms with Crippen LogP contribution in [-0.2, 0) is 0 Å². The molecule has 6 rings (SSSR count). The van der Waals surface area contributed by atoms with E-state index in [0.29, 0.717) is 0 Å². The van der Waals surface area contributed by atoms with E-state index in [1.165, 1.54) is 12.1 Å². The van der Waals surface area contributed by atoms with Gasteiger partial charge < -0.3 is 9.88 Å². The van der Waals surface area contributed by atoms with Crippen LogP contribution in [0.3, 0.4) is 0 Å². The van der Waals surface area contributed by atoms with Gasteiger partial charge in [-0.1, -0.05) is 6.07 Å². The average Bonchev–Trinajstić information content (AvgIpc) is 3.48. The number of hydrogen-bond donors (Lipinski definition) is 2. The maximum atomic E-state index is 13.4. The molecule has 7 heteroatoms. The van der Waals surface area contributed by atoms with Crippen molar-refractivity contribution >= 4 is 27.5 Å². The lowest BCUT2D eigenvalue weighted by Gasteiger charge is -2.13. The Kier molecular flexibility index (Phi) is 4.62. The zero-order valence-electron chi connectivity index (χ0n) is 18.7. The van der Waals surface area contributed by atoms with Gasteiger partial charge in [0.2, 0.25) is 0 Å². The van der Waals surface area contributed by atoms with E-state index in [1.807, 2.05) is 43.5 Å². The second-order valence-corrected chi connectivity index (χ2v) is 8.47. The van der Waals surface area contributed by atoms with Crippen molar-refractivity contribution in [2.24, 2.45) is 0 Å². The van der Waals surface area contributed by atoms with Gasteiger partial charge in [0.05, 0.1) is 28.8 Å². The average molecular weight is 449 g/mol. The third-order valence-corrected chi connectivity index (χ3v) is 6.06. The predicted octanol–water partition coefficient (Wildman–Crippen LogP) is 6.04. The lowest BCUT2D eigenvalue weighted by Crippen LogP contribution is -2.08. The van der Waals surface area contributed by atoms with Gasteiger partial charge in [-0.3, -0.25) is 15.1 Å². The van der Waals surface area contributed by atoms with Gasteiger partial charge in [0, 0.05) is 53.9 Å². The van der Waals surface area contributed by atoms with Crippen LogP contribution in [0, 0.1) is 5.82 Å². The third-order valence-electron chi connectivity index (χ3n) is 6.06. The highest BCUT2D eigenvalue weighted by atomic mass is 19.1. The fraction of sp³-hybridized carbons (Fsp3) is 0.0741. The Labute approximate surface area is 195 Å². The van der Waals surface area contributed by atoms with Crippen LogP contribution in [0.25, 0.3) is 55.6 Å². The van der Waals surface area contributed by atoms with E-state index in [-0.39, 0.29) is 5.82 Å². The minimum absolute atomic E-state index is 0.268. The summed E-state index contributed by atoms with van der Waals surface area (Å²) in [6, 6.07) is 18.7. The van der Waals surface area contributed by atoms with Crippen molar-refractivity contribution in [3.8, 4) is 33.8 Å². The Morgan fingerprint density at radius 1 is 0.765 bits per heavy atom. The van der Waals surface area contributed by atoms with E-state index in [1.54, 1.807) is 18.3 Å². The number of halogens is 1. The van der Waals surface area contributed by atoms with E-state index >= 15 is 0 Å². The number of aromatic amines is 2. The number of pyridine rings is 2. The summed E-state index contributed by atoms with van der Waals surface area (Å²) in [4.78, 5) is 14.5. The van der Waals surface area contributed by atoms with Gasteiger partial charge in [0.15, 0.2) is 0 Å². The van der Waals surface area contributed by atoms with E-state index in [0.717, 1.165) is 61.3 Å². The number of hydrogen-bond acceptors (Lipinski definition) is 4. The molecule has 0 atom stereocenters. The highest BCUT2D eigenvalue weighted by molar-refractivity contribution is 6.00. The molecule has 166 valence electrons. The molecule has 0 amide bonds. The summed E-state index contributed by atoms with van der Waals surface area (Å²) >= 11 is 0. The Bertz CT molecular complexity index is 1650. The Morgan fingerprint density at radius 2 is 1.56 bits per heavy atom. The molecule has 0 unspecified atom stereocenters. The van der Waals surface area contributed by atoms with Gasteiger partial charge in [-0.15, -0.1) is 0 Å². The van der Waals surface area contributed by atoms with Crippen LogP contribution in [0.15, 0.2) is 79.3 Å². The number of aromatic nitrogens is 5. The third kappa shape index (κ3) is 3.38. The molecule has 0 fully saturated rings. The molecule has 0 saturated heterocycles. The van der Waals surface area contributed by atoms with Crippen LogP contribution in [0.5, 0.6) is 0 Å². The lowest BCUT2D eigenvalue weighted by molar-refractivity contribution is 0.628. The van der Waals surface area contributed by atoms with Crippen molar-refractivity contribution < 1.29 is 4.39 Å². The molecule has 4 aromatic heterocycles. The van der Waals surface area contributed by atoms with Crippen molar-refractivity contribution in [1.82, 2.24) is 25.1 Å². The highest BCUT2D eigenvalue weighted by Crippen LogP contribution is 2.34. The van der Waals surface area contributed by atoms with E-state index in [4.69, 9.17) is 0 Å². The predicted molar refractivity (Wildman–Crippen MR) is 134 cm³/mol. The molecular formula is C27H21FN6. The molecule has 4 heterocycles. The summed E-state index contributed by atoms with van der Waals surface area (Å²) in [5, 5.41) is 9.71. The maximum Gasteiger partial charge on any atom is 0.123 e. The molecule has 0 aliphatic heterocycles. The molecule has 0 bridgehead atoms. The second kappa shape index (κ2) is 7.81. The van der Waals surface area contributed by atoms with Crippen molar-refractivity contribution in [3.63, 3.8) is 0 Å². The van der Waals surface area contributed by atoms with Gasteiger partial charge in [0.25, 0.3) is 0 Å². The molecule has 0 radical (unpaired) electrons. The number of nitrogens with zero attached hydrogens (tertiary/aromatic N) is 4. The Hall–Kier alpha value is -4.52. The van der Waals surface area contributed by atoms with E-state index < -0.39 is 0 Å². The number of benzene rings is 2. The molecule has 6 aromatic rings. The second-order valence-electron chi connectivity index (χ2n) is 8.47. The topological polar surface area (TPSA) is 73.5 Å². The van der Waals surface area contributed by atoms with Gasteiger partial charge in [-0.05, 0) is 60.2 Å². The summed E-state index contributed by atoms with van der Waals surface area (Å²) in [5.74, 6) is -0.268. The fourth-order valence-electron chi connectivity index (χ4n) is 4.25. The number of anilines is 1. The van der Waals surface area contributed by atoms with Crippen molar-refractivity contribution in [2.75, 3.05) is 19.0 Å². The smallest absolute Gasteiger partial charge is 0.123 e. The van der Waals surface area contributed by atoms with Crippen LogP contribution in [0.4, 0.5) is 10.1 Å². The summed E-state index contributed by atoms with van der Waals surface area (Å²) in [7, 11) is 4.01. The van der Waals surface area contributed by atoms with Crippen molar-refractivity contribution in [2.45, 2.75) is 0 Å². The van der Waals surface area contributed by atoms with Crippen LogP contribution in [0.2, 0.25) is 0 Å². The number of H-pyrrole nitrogens is 2. The summed E-state index contributed by atoms with van der Waals surface area (Å²) in [6.07, 6.45) is 5.48. The molecular weight excluding hydrogens is 427 g/mol. The zero-order valence-corrected chi connectivity index (χ0v) is 18.7. The number of fused-ring (bicyclic) bond motifs is 2. The molecule has 2 N–H and O–H groups in total. The Balaban J connectivity index is 1.47. The van der Waals surface area contributed by atoms with Crippen LogP contribution < -0.4 is 4.90 Å². The molecule has 34 heavy (non-hydrogen) atoms. The zero-order chi connectivity index (χ0) is 23.2. The van der Waals surface area contributed by atoms with Crippen molar-refractivity contribution in [3.05, 3.63) is 85.1 Å². The first kappa shape index (κ1) is 20.1. The highest BCUT2D eigenvalue weighted by Gasteiger charge is 2.15. The number of rotatable bonds is 4. The molecule has 0 spiro atoms. The van der Waals surface area contributed by atoms with E-state index in [2.05, 4.69) is 49.4 Å². The summed E-state index contributed by atoms with van der Waals surface area (Å²) in [6.45, 7) is 0. The Morgan fingerprint density at radius 3 is 2.38 bits per heavy atom. The van der Waals surface area contributed by atoms with Crippen molar-refractivity contribution in [1.29, 1.82) is 0 Å². The molecule has 0 aliphatic rings. The quantitative estimate of drug-likeness (QED) is 0.345. The minimum atomic E-state index is -0.268. The van der Waals surface area contributed by atoms with Gasteiger partial charge >= 0.3 is 0 Å². The largest absolute Gasteiger partial charge is 0.376 e. The fourth-order valence-corrected chi connectivity index (χ4v) is 4.25. The normalized spacial score (nSPS) is 11.4. The van der Waals surface area contributed by atoms with Gasteiger partial charge in [0.1, 0.15) is 11.5 Å². The summed E-state index contributed by atoms with van der Waals surface area (Å²) in [5.41, 5.74) is 8.42. The first-order valence-electron chi connectivity index (χ1n) is 10.9. The van der Waals surface area contributed by atoms with E-state index in [9.17, 15) is 4.39 Å². The standard InChI is InChI=1S/C27H21FN6/c1-34(2)20-11-18(14-29-15-20)17-5-8-24-21(12-17)27(33-32-24)25-13-22-23(31-25)9-10-30-26(22)16-3-6-19(28)7-4-16/h3-15,31H,1-2H3,(H,32,33). The van der Waals surface area contributed by atoms with Gasteiger partial charge in [-0.2, -0.15) is 5.10 Å². The molecule has 0 saturated carbocycles. The molecule has 6 nitrogen and oxygen atoms in total. The van der Waals surface area contributed by atoms with Crippen LogP contribution in [0.1, 0.15) is 0 Å². The number of nitrogens with one attached hydrogen (secondary N) is 2. The monoisotopic (exact) mass is 448 g/mol. The van der Waals surface area contributed by atoms with Crippen LogP contribution >= 0.6 is 0 Å². The maximum absolute atomic E-state index is 13.4. The lowest BCUT2D eigenvalue weighted by atomic mass is 10.0. The first-order chi connectivity index (χ1) is 16.6. The first-order valence-corrected chi connectivity index (χ1v) is 10.9.